The fourth-order valence-corrected chi connectivity index (χ4v) is 1.66. The predicted octanol–water partition coefficient (Wildman–Crippen LogP) is 1.85. The summed E-state index contributed by atoms with van der Waals surface area (Å²) in [6.07, 6.45) is 2.99. The molecule has 2 atom stereocenters. The summed E-state index contributed by atoms with van der Waals surface area (Å²) < 4.78 is 12.1. The van der Waals surface area contributed by atoms with Gasteiger partial charge in [0.25, 0.3) is 0 Å². The van der Waals surface area contributed by atoms with E-state index in [0.29, 0.717) is 6.42 Å². The van der Waals surface area contributed by atoms with Crippen molar-refractivity contribution in [2.75, 3.05) is 6.67 Å². The molecule has 11 heavy (non-hydrogen) atoms. The minimum Gasteiger partial charge on any atom is -0.481 e. The third-order valence-corrected chi connectivity index (χ3v) is 2.35. The number of carbonyl (C=O) groups is 1. The van der Waals surface area contributed by atoms with Crippen molar-refractivity contribution in [2.24, 2.45) is 11.8 Å². The normalized spacial score (nSPS) is 31.7. The highest BCUT2D eigenvalue weighted by Crippen LogP contribution is 2.29. The summed E-state index contributed by atoms with van der Waals surface area (Å²) in [7, 11) is 0. The lowest BCUT2D eigenvalue weighted by Gasteiger charge is -2.23. The Kier molecular flexibility index (Phi) is 2.85. The van der Waals surface area contributed by atoms with Gasteiger partial charge in [-0.2, -0.15) is 0 Å². The van der Waals surface area contributed by atoms with Gasteiger partial charge in [-0.3, -0.25) is 9.18 Å². The van der Waals surface area contributed by atoms with E-state index in [1.54, 1.807) is 0 Å². The first-order chi connectivity index (χ1) is 5.24. The summed E-state index contributed by atoms with van der Waals surface area (Å²) in [6.45, 7) is -0.357. The monoisotopic (exact) mass is 160 g/mol. The molecule has 0 aromatic carbocycles. The number of carboxylic acid groups (broad SMARTS) is 1. The first-order valence-electron chi connectivity index (χ1n) is 4.02. The Hall–Kier alpha value is -0.600. The Labute approximate surface area is 65.4 Å². The zero-order chi connectivity index (χ0) is 8.27. The van der Waals surface area contributed by atoms with Gasteiger partial charge in [-0.15, -0.1) is 0 Å². The van der Waals surface area contributed by atoms with Crippen LogP contribution in [0.1, 0.15) is 25.7 Å². The molecular formula is C8H13FO2. The molecule has 3 heteroatoms. The van der Waals surface area contributed by atoms with Crippen LogP contribution in [0.3, 0.4) is 0 Å². The molecule has 1 aliphatic carbocycles. The van der Waals surface area contributed by atoms with Gasteiger partial charge < -0.3 is 5.11 Å². The van der Waals surface area contributed by atoms with Crippen molar-refractivity contribution in [3.8, 4) is 0 Å². The van der Waals surface area contributed by atoms with Crippen LogP contribution < -0.4 is 0 Å². The number of hydrogen-bond donors (Lipinski definition) is 1. The molecule has 1 aliphatic rings. The van der Waals surface area contributed by atoms with Gasteiger partial charge in [-0.1, -0.05) is 6.42 Å². The molecule has 1 rings (SSSR count). The van der Waals surface area contributed by atoms with Gasteiger partial charge in [-0.05, 0) is 25.2 Å². The zero-order valence-electron chi connectivity index (χ0n) is 6.42. The molecule has 0 spiro atoms. The van der Waals surface area contributed by atoms with E-state index in [1.807, 2.05) is 0 Å². The molecule has 1 saturated carbocycles. The number of hydrogen-bond acceptors (Lipinski definition) is 1. The molecule has 2 unspecified atom stereocenters. The zero-order valence-corrected chi connectivity index (χ0v) is 6.42. The van der Waals surface area contributed by atoms with Crippen LogP contribution in [0.5, 0.6) is 0 Å². The van der Waals surface area contributed by atoms with Crippen LogP contribution in [-0.4, -0.2) is 17.8 Å². The average Bonchev–Trinajstić information content (AvgIpc) is 2.05. The molecule has 64 valence electrons. The minimum absolute atomic E-state index is 0.00449. The fourth-order valence-electron chi connectivity index (χ4n) is 1.66. The lowest BCUT2D eigenvalue weighted by Crippen LogP contribution is -2.23. The maximum absolute atomic E-state index is 12.1. The van der Waals surface area contributed by atoms with E-state index in [9.17, 15) is 9.18 Å². The largest absolute Gasteiger partial charge is 0.481 e. The van der Waals surface area contributed by atoms with Crippen molar-refractivity contribution < 1.29 is 14.3 Å². The second-order valence-electron chi connectivity index (χ2n) is 3.22. The lowest BCUT2D eigenvalue weighted by atomic mass is 9.82. The van der Waals surface area contributed by atoms with Crippen LogP contribution in [0.25, 0.3) is 0 Å². The summed E-state index contributed by atoms with van der Waals surface area (Å²) in [6, 6.07) is 0. The highest BCUT2D eigenvalue weighted by Gasteiger charge is 2.26. The predicted molar refractivity (Wildman–Crippen MR) is 39.1 cm³/mol. The van der Waals surface area contributed by atoms with Crippen LogP contribution in [0.2, 0.25) is 0 Å². The van der Waals surface area contributed by atoms with Crippen molar-refractivity contribution in [3.05, 3.63) is 0 Å². The fraction of sp³-hybridized carbons (Fsp3) is 0.875. The first kappa shape index (κ1) is 8.50. The number of rotatable bonds is 2. The van der Waals surface area contributed by atoms with Crippen molar-refractivity contribution in [1.29, 1.82) is 0 Å². The van der Waals surface area contributed by atoms with Crippen LogP contribution in [0, 0.1) is 11.8 Å². The molecule has 0 radical (unpaired) electrons. The smallest absolute Gasteiger partial charge is 0.306 e. The molecule has 2 nitrogen and oxygen atoms in total. The molecule has 0 amide bonds. The first-order valence-corrected chi connectivity index (χ1v) is 4.02. The van der Waals surface area contributed by atoms with E-state index in [-0.39, 0.29) is 18.5 Å². The lowest BCUT2D eigenvalue weighted by molar-refractivity contribution is -0.143. The number of aliphatic carboxylic acids is 1. The quantitative estimate of drug-likeness (QED) is 0.669. The number of alkyl halides is 1. The van der Waals surface area contributed by atoms with Gasteiger partial charge in [0.1, 0.15) is 0 Å². The number of halogens is 1. The van der Waals surface area contributed by atoms with Gasteiger partial charge in [0.2, 0.25) is 0 Å². The topological polar surface area (TPSA) is 37.3 Å². The van der Waals surface area contributed by atoms with E-state index in [1.165, 1.54) is 0 Å². The van der Waals surface area contributed by atoms with Gasteiger partial charge in [0.05, 0.1) is 12.6 Å². The Morgan fingerprint density at radius 3 is 2.82 bits per heavy atom. The highest BCUT2D eigenvalue weighted by molar-refractivity contribution is 5.70. The van der Waals surface area contributed by atoms with Crippen LogP contribution in [-0.2, 0) is 4.79 Å². The van der Waals surface area contributed by atoms with Gasteiger partial charge in [-0.25, -0.2) is 0 Å². The van der Waals surface area contributed by atoms with E-state index in [2.05, 4.69) is 0 Å². The molecule has 0 saturated heterocycles. The number of carboxylic acids is 1. The third kappa shape index (κ3) is 2.17. The summed E-state index contributed by atoms with van der Waals surface area (Å²) in [4.78, 5) is 10.5. The SMILES string of the molecule is O=C(O)C1CCCC(CF)C1. The summed E-state index contributed by atoms with van der Waals surface area (Å²) in [5.41, 5.74) is 0. The molecule has 0 heterocycles. The average molecular weight is 160 g/mol. The van der Waals surface area contributed by atoms with E-state index < -0.39 is 5.97 Å². The van der Waals surface area contributed by atoms with Gasteiger partial charge >= 0.3 is 5.97 Å². The molecule has 1 N–H and O–H groups in total. The Balaban J connectivity index is 2.39. The summed E-state index contributed by atoms with van der Waals surface area (Å²) in [5, 5.41) is 8.63. The second kappa shape index (κ2) is 3.69. The molecule has 0 aromatic heterocycles. The van der Waals surface area contributed by atoms with Crippen LogP contribution >= 0.6 is 0 Å². The Bertz CT molecular complexity index is 147. The Morgan fingerprint density at radius 2 is 2.27 bits per heavy atom. The minimum atomic E-state index is -0.761. The standard InChI is InChI=1S/C8H13FO2/c9-5-6-2-1-3-7(4-6)8(10)11/h6-7H,1-5H2,(H,10,11). The van der Waals surface area contributed by atoms with E-state index >= 15 is 0 Å². The summed E-state index contributed by atoms with van der Waals surface area (Å²) in [5.74, 6) is -1.04. The Morgan fingerprint density at radius 1 is 1.55 bits per heavy atom. The van der Waals surface area contributed by atoms with Gasteiger partial charge in [0.15, 0.2) is 0 Å². The highest BCUT2D eigenvalue weighted by atomic mass is 19.1. The van der Waals surface area contributed by atoms with Gasteiger partial charge in [0, 0.05) is 0 Å². The third-order valence-electron chi connectivity index (χ3n) is 2.35. The van der Waals surface area contributed by atoms with Crippen molar-refractivity contribution >= 4 is 5.97 Å². The van der Waals surface area contributed by atoms with E-state index in [0.717, 1.165) is 19.3 Å². The molecule has 0 aliphatic heterocycles. The molecule has 1 fully saturated rings. The van der Waals surface area contributed by atoms with Crippen molar-refractivity contribution in [3.63, 3.8) is 0 Å². The van der Waals surface area contributed by atoms with E-state index in [4.69, 9.17) is 5.11 Å². The molecular weight excluding hydrogens is 147 g/mol. The molecule has 0 bridgehead atoms. The van der Waals surface area contributed by atoms with Crippen LogP contribution in [0.4, 0.5) is 4.39 Å². The van der Waals surface area contributed by atoms with Crippen molar-refractivity contribution in [2.45, 2.75) is 25.7 Å². The maximum atomic E-state index is 12.1. The maximum Gasteiger partial charge on any atom is 0.306 e. The van der Waals surface area contributed by atoms with Crippen molar-refractivity contribution in [1.82, 2.24) is 0 Å². The molecule has 0 aromatic rings. The summed E-state index contributed by atoms with van der Waals surface area (Å²) >= 11 is 0. The second-order valence-corrected chi connectivity index (χ2v) is 3.22. The van der Waals surface area contributed by atoms with Crippen LogP contribution in [0.15, 0.2) is 0 Å².